The Bertz CT molecular complexity index is 730. The molecule has 1 saturated heterocycles. The topological polar surface area (TPSA) is 77.8 Å². The molecule has 7 heteroatoms. The molecule has 25 heavy (non-hydrogen) atoms. The van der Waals surface area contributed by atoms with Gasteiger partial charge in [0.15, 0.2) is 0 Å². The van der Waals surface area contributed by atoms with Crippen LogP contribution in [0.1, 0.15) is 34.2 Å². The van der Waals surface area contributed by atoms with Gasteiger partial charge in [-0.25, -0.2) is 4.79 Å². The third-order valence-electron chi connectivity index (χ3n) is 3.65. The van der Waals surface area contributed by atoms with E-state index in [1.165, 1.54) is 0 Å². The summed E-state index contributed by atoms with van der Waals surface area (Å²) in [5.41, 5.74) is 0.500. The highest BCUT2D eigenvalue weighted by molar-refractivity contribution is 7.99. The van der Waals surface area contributed by atoms with Gasteiger partial charge in [-0.3, -0.25) is 10.1 Å². The molecular formula is C18H19NO5S. The maximum atomic E-state index is 11.9. The Hall–Kier alpha value is -2.25. The molecule has 3 rings (SSSR count). The Morgan fingerprint density at radius 1 is 1.20 bits per heavy atom. The third-order valence-corrected chi connectivity index (χ3v) is 4.88. The largest absolute Gasteiger partial charge is 0.465 e. The van der Waals surface area contributed by atoms with Gasteiger partial charge in [-0.1, -0.05) is 18.2 Å². The molecule has 1 aromatic heterocycles. The lowest BCUT2D eigenvalue weighted by atomic mass is 10.2. The van der Waals surface area contributed by atoms with Crippen LogP contribution in [0.2, 0.25) is 0 Å². The molecule has 0 radical (unpaired) electrons. The summed E-state index contributed by atoms with van der Waals surface area (Å²) in [6.07, 6.45) is 0. The minimum absolute atomic E-state index is 0.0619. The SMILES string of the molecule is CCOC(=O)C1CSC(c2ccc(COC(=O)c3ccccc3)o2)N1. The summed E-state index contributed by atoms with van der Waals surface area (Å²) in [5.74, 6) is 1.24. The zero-order chi connectivity index (χ0) is 17.6. The molecule has 1 aromatic carbocycles. The van der Waals surface area contributed by atoms with E-state index in [-0.39, 0.29) is 24.0 Å². The number of hydrogen-bond acceptors (Lipinski definition) is 7. The van der Waals surface area contributed by atoms with Gasteiger partial charge < -0.3 is 13.9 Å². The Morgan fingerprint density at radius 3 is 2.76 bits per heavy atom. The van der Waals surface area contributed by atoms with E-state index in [2.05, 4.69) is 5.32 Å². The summed E-state index contributed by atoms with van der Waals surface area (Å²) in [6.45, 7) is 2.21. The predicted molar refractivity (Wildman–Crippen MR) is 93.0 cm³/mol. The lowest BCUT2D eigenvalue weighted by Gasteiger charge is -2.10. The second-order valence-electron chi connectivity index (χ2n) is 5.43. The van der Waals surface area contributed by atoms with Crippen molar-refractivity contribution in [3.05, 3.63) is 59.5 Å². The van der Waals surface area contributed by atoms with Crippen molar-refractivity contribution in [3.63, 3.8) is 0 Å². The van der Waals surface area contributed by atoms with Gasteiger partial charge in [0.25, 0.3) is 0 Å². The van der Waals surface area contributed by atoms with Crippen LogP contribution in [0.25, 0.3) is 0 Å². The highest BCUT2D eigenvalue weighted by atomic mass is 32.2. The number of benzene rings is 1. The number of thioether (sulfide) groups is 1. The van der Waals surface area contributed by atoms with Crippen molar-refractivity contribution < 1.29 is 23.5 Å². The van der Waals surface area contributed by atoms with E-state index in [9.17, 15) is 9.59 Å². The van der Waals surface area contributed by atoms with Crippen molar-refractivity contribution in [2.24, 2.45) is 0 Å². The number of rotatable bonds is 6. The number of esters is 2. The maximum absolute atomic E-state index is 11.9. The number of nitrogens with one attached hydrogen (secondary N) is 1. The minimum atomic E-state index is -0.394. The highest BCUT2D eigenvalue weighted by Crippen LogP contribution is 2.34. The molecule has 6 nitrogen and oxygen atoms in total. The van der Waals surface area contributed by atoms with Gasteiger partial charge in [-0.2, -0.15) is 0 Å². The van der Waals surface area contributed by atoms with Crippen LogP contribution in [0.5, 0.6) is 0 Å². The zero-order valence-corrected chi connectivity index (χ0v) is 14.6. The molecule has 2 aromatic rings. The second kappa shape index (κ2) is 8.22. The Morgan fingerprint density at radius 2 is 2.00 bits per heavy atom. The molecule has 0 bridgehead atoms. The number of carbonyl (C=O) groups excluding carboxylic acids is 2. The lowest BCUT2D eigenvalue weighted by Crippen LogP contribution is -2.35. The molecule has 2 atom stereocenters. The van der Waals surface area contributed by atoms with Gasteiger partial charge in [-0.05, 0) is 31.2 Å². The van der Waals surface area contributed by atoms with Crippen molar-refractivity contribution in [3.8, 4) is 0 Å². The summed E-state index contributed by atoms with van der Waals surface area (Å²) in [6, 6.07) is 12.1. The standard InChI is InChI=1S/C18H19NO5S/c1-2-22-18(21)14-11-25-16(19-14)15-9-8-13(24-15)10-23-17(20)12-6-4-3-5-7-12/h3-9,14,16,19H,2,10-11H2,1H3. The van der Waals surface area contributed by atoms with Gasteiger partial charge in [-0.15, -0.1) is 11.8 Å². The first-order chi connectivity index (χ1) is 12.2. The molecule has 2 heterocycles. The molecule has 0 amide bonds. The minimum Gasteiger partial charge on any atom is -0.465 e. The quantitative estimate of drug-likeness (QED) is 0.793. The average molecular weight is 361 g/mol. The van der Waals surface area contributed by atoms with E-state index in [1.807, 2.05) is 12.1 Å². The molecule has 0 aliphatic carbocycles. The monoisotopic (exact) mass is 361 g/mol. The van der Waals surface area contributed by atoms with Crippen LogP contribution in [-0.2, 0) is 20.9 Å². The average Bonchev–Trinajstić information content (AvgIpc) is 3.30. The van der Waals surface area contributed by atoms with Gasteiger partial charge in [0, 0.05) is 5.75 Å². The summed E-state index contributed by atoms with van der Waals surface area (Å²) in [7, 11) is 0. The van der Waals surface area contributed by atoms with Crippen molar-refractivity contribution in [2.75, 3.05) is 12.4 Å². The first kappa shape index (κ1) is 17.6. The van der Waals surface area contributed by atoms with E-state index < -0.39 is 5.97 Å². The molecule has 1 aliphatic rings. The zero-order valence-electron chi connectivity index (χ0n) is 13.8. The van der Waals surface area contributed by atoms with E-state index >= 15 is 0 Å². The fraction of sp³-hybridized carbons (Fsp3) is 0.333. The Balaban J connectivity index is 1.53. The number of hydrogen-bond donors (Lipinski definition) is 1. The molecule has 2 unspecified atom stereocenters. The van der Waals surface area contributed by atoms with Crippen LogP contribution in [0.3, 0.4) is 0 Å². The molecule has 1 N–H and O–H groups in total. The summed E-state index contributed by atoms with van der Waals surface area (Å²) in [4.78, 5) is 23.7. The second-order valence-corrected chi connectivity index (χ2v) is 6.57. The molecule has 132 valence electrons. The third kappa shape index (κ3) is 4.43. The first-order valence-corrected chi connectivity index (χ1v) is 9.07. The van der Waals surface area contributed by atoms with Crippen molar-refractivity contribution in [2.45, 2.75) is 24.9 Å². The number of carbonyl (C=O) groups is 2. The summed E-state index contributed by atoms with van der Waals surface area (Å²) < 4.78 is 16.0. The summed E-state index contributed by atoms with van der Waals surface area (Å²) in [5, 5.41) is 3.07. The normalized spacial score (nSPS) is 19.6. The fourth-order valence-corrected chi connectivity index (χ4v) is 3.59. The fourth-order valence-electron chi connectivity index (χ4n) is 2.42. The molecule has 1 fully saturated rings. The smallest absolute Gasteiger partial charge is 0.338 e. The van der Waals surface area contributed by atoms with Crippen molar-refractivity contribution in [1.82, 2.24) is 5.32 Å². The van der Waals surface area contributed by atoms with Gasteiger partial charge in [0.2, 0.25) is 0 Å². The van der Waals surface area contributed by atoms with Crippen LogP contribution >= 0.6 is 11.8 Å². The Labute approximate surface area is 149 Å². The van der Waals surface area contributed by atoms with E-state index in [4.69, 9.17) is 13.9 Å². The van der Waals surface area contributed by atoms with Crippen LogP contribution in [0, 0.1) is 0 Å². The molecular weight excluding hydrogens is 342 g/mol. The maximum Gasteiger partial charge on any atom is 0.338 e. The highest BCUT2D eigenvalue weighted by Gasteiger charge is 2.33. The molecule has 1 aliphatic heterocycles. The van der Waals surface area contributed by atoms with E-state index in [0.29, 0.717) is 29.4 Å². The predicted octanol–water partition coefficient (Wildman–Crippen LogP) is 2.90. The van der Waals surface area contributed by atoms with Crippen LogP contribution in [0.4, 0.5) is 0 Å². The van der Waals surface area contributed by atoms with Gasteiger partial charge in [0.05, 0.1) is 12.2 Å². The Kier molecular flexibility index (Phi) is 5.78. The van der Waals surface area contributed by atoms with Crippen molar-refractivity contribution in [1.29, 1.82) is 0 Å². The van der Waals surface area contributed by atoms with Crippen LogP contribution in [-0.4, -0.2) is 30.3 Å². The van der Waals surface area contributed by atoms with Gasteiger partial charge >= 0.3 is 11.9 Å². The van der Waals surface area contributed by atoms with Gasteiger partial charge in [0.1, 0.15) is 29.5 Å². The molecule has 0 saturated carbocycles. The van der Waals surface area contributed by atoms with Crippen molar-refractivity contribution >= 4 is 23.7 Å². The van der Waals surface area contributed by atoms with E-state index in [0.717, 1.165) is 0 Å². The number of ether oxygens (including phenoxy) is 2. The molecule has 0 spiro atoms. The van der Waals surface area contributed by atoms with Crippen LogP contribution in [0.15, 0.2) is 46.9 Å². The first-order valence-electron chi connectivity index (χ1n) is 8.02. The lowest BCUT2D eigenvalue weighted by molar-refractivity contribution is -0.144. The van der Waals surface area contributed by atoms with Crippen LogP contribution < -0.4 is 5.32 Å². The number of furan rings is 1. The van der Waals surface area contributed by atoms with E-state index in [1.54, 1.807) is 49.0 Å². The summed E-state index contributed by atoms with van der Waals surface area (Å²) >= 11 is 1.58.